The molecule has 0 N–H and O–H groups in total. The number of thiazole rings is 1. The first-order chi connectivity index (χ1) is 14.8. The van der Waals surface area contributed by atoms with Crippen molar-refractivity contribution < 1.29 is 4.42 Å². The van der Waals surface area contributed by atoms with Crippen molar-refractivity contribution in [1.29, 1.82) is 5.26 Å². The van der Waals surface area contributed by atoms with E-state index in [-0.39, 0.29) is 0 Å². The van der Waals surface area contributed by atoms with Crippen LogP contribution in [0.4, 0.5) is 0 Å². The molecule has 6 rings (SSSR count). The van der Waals surface area contributed by atoms with Crippen molar-refractivity contribution in [2.45, 2.75) is 0 Å². The van der Waals surface area contributed by atoms with E-state index in [2.05, 4.69) is 36.4 Å². The van der Waals surface area contributed by atoms with E-state index in [1.165, 1.54) is 0 Å². The molecule has 0 saturated carbocycles. The van der Waals surface area contributed by atoms with E-state index in [4.69, 9.17) is 9.40 Å². The van der Waals surface area contributed by atoms with Crippen LogP contribution in [0.2, 0.25) is 0 Å². The van der Waals surface area contributed by atoms with Gasteiger partial charge < -0.3 is 4.42 Å². The third-order valence-corrected chi connectivity index (χ3v) is 6.40. The lowest BCUT2D eigenvalue weighted by atomic mass is 9.99. The smallest absolute Gasteiger partial charge is 0.136 e. The maximum Gasteiger partial charge on any atom is 0.136 e. The highest BCUT2D eigenvalue weighted by atomic mass is 32.1. The zero-order valence-electron chi connectivity index (χ0n) is 15.8. The second kappa shape index (κ2) is 6.55. The van der Waals surface area contributed by atoms with E-state index in [9.17, 15) is 5.26 Å². The van der Waals surface area contributed by atoms with Gasteiger partial charge in [-0.3, -0.25) is 0 Å². The molecule has 0 spiro atoms. The number of hydrogen-bond donors (Lipinski definition) is 0. The van der Waals surface area contributed by atoms with Gasteiger partial charge in [0.25, 0.3) is 0 Å². The number of furan rings is 1. The first-order valence-corrected chi connectivity index (χ1v) is 10.4. The summed E-state index contributed by atoms with van der Waals surface area (Å²) >= 11 is 1.64. The predicted molar refractivity (Wildman–Crippen MR) is 122 cm³/mol. The van der Waals surface area contributed by atoms with Crippen LogP contribution < -0.4 is 0 Å². The van der Waals surface area contributed by atoms with Gasteiger partial charge in [-0.25, -0.2) is 4.98 Å². The molecule has 0 radical (unpaired) electrons. The van der Waals surface area contributed by atoms with Crippen molar-refractivity contribution in [3.63, 3.8) is 0 Å². The molecule has 6 aromatic rings. The Morgan fingerprint density at radius 1 is 0.733 bits per heavy atom. The Morgan fingerprint density at radius 2 is 1.53 bits per heavy atom. The fourth-order valence-electron chi connectivity index (χ4n) is 3.88. The van der Waals surface area contributed by atoms with Gasteiger partial charge >= 0.3 is 0 Å². The SMILES string of the molecule is N#Cc1cc(-c2ccc3c(c2)oc2ccccc23)cc(-c2nc3ccccc3s2)c1. The van der Waals surface area contributed by atoms with Gasteiger partial charge in [-0.2, -0.15) is 5.26 Å². The average molecular weight is 402 g/mol. The standard InChI is InChI=1S/C26H14N2OS/c27-15-16-11-18(13-19(12-16)26-28-22-6-2-4-8-25(22)30-26)17-9-10-21-20-5-1-3-7-23(20)29-24(21)14-17/h1-14H. The zero-order valence-corrected chi connectivity index (χ0v) is 16.6. The summed E-state index contributed by atoms with van der Waals surface area (Å²) in [7, 11) is 0. The van der Waals surface area contributed by atoms with Gasteiger partial charge in [-0.05, 0) is 59.7 Å². The molecular formula is C26H14N2OS. The first-order valence-electron chi connectivity index (χ1n) is 9.61. The molecule has 4 heteroatoms. The molecule has 2 heterocycles. The number of benzene rings is 4. The summed E-state index contributed by atoms with van der Waals surface area (Å²) in [4.78, 5) is 4.76. The lowest BCUT2D eigenvalue weighted by molar-refractivity contribution is 0.669. The molecule has 0 aliphatic carbocycles. The summed E-state index contributed by atoms with van der Waals surface area (Å²) in [6.45, 7) is 0. The summed E-state index contributed by atoms with van der Waals surface area (Å²) in [6, 6.07) is 30.6. The molecule has 0 unspecified atom stereocenters. The molecular weight excluding hydrogens is 388 g/mol. The summed E-state index contributed by atoms with van der Waals surface area (Å²) in [5.74, 6) is 0. The molecule has 3 nitrogen and oxygen atoms in total. The van der Waals surface area contributed by atoms with Crippen LogP contribution in [0.1, 0.15) is 5.56 Å². The van der Waals surface area contributed by atoms with Crippen LogP contribution in [-0.4, -0.2) is 4.98 Å². The Bertz CT molecular complexity index is 1580. The number of aromatic nitrogens is 1. The molecule has 4 aromatic carbocycles. The predicted octanol–water partition coefficient (Wildman–Crippen LogP) is 7.40. The number of para-hydroxylation sites is 2. The minimum Gasteiger partial charge on any atom is -0.456 e. The van der Waals surface area contributed by atoms with Crippen LogP contribution >= 0.6 is 11.3 Å². The number of rotatable bonds is 2. The highest BCUT2D eigenvalue weighted by Crippen LogP contribution is 2.36. The molecule has 30 heavy (non-hydrogen) atoms. The third-order valence-electron chi connectivity index (χ3n) is 5.32. The summed E-state index contributed by atoms with van der Waals surface area (Å²) in [5.41, 5.74) is 6.27. The van der Waals surface area contributed by atoms with Gasteiger partial charge in [0.2, 0.25) is 0 Å². The van der Waals surface area contributed by atoms with E-state index in [0.29, 0.717) is 5.56 Å². The topological polar surface area (TPSA) is 49.8 Å². The minimum absolute atomic E-state index is 0.617. The monoisotopic (exact) mass is 402 g/mol. The van der Waals surface area contributed by atoms with Crippen molar-refractivity contribution in [1.82, 2.24) is 4.98 Å². The zero-order chi connectivity index (χ0) is 20.1. The largest absolute Gasteiger partial charge is 0.456 e. The third kappa shape index (κ3) is 2.68. The summed E-state index contributed by atoms with van der Waals surface area (Å²) < 4.78 is 7.19. The molecule has 0 bridgehead atoms. The molecule has 0 atom stereocenters. The van der Waals surface area contributed by atoms with Crippen molar-refractivity contribution in [2.24, 2.45) is 0 Å². The fraction of sp³-hybridized carbons (Fsp3) is 0. The van der Waals surface area contributed by atoms with Crippen molar-refractivity contribution >= 4 is 43.5 Å². The molecule has 2 aromatic heterocycles. The van der Waals surface area contributed by atoms with Crippen LogP contribution in [0.5, 0.6) is 0 Å². The van der Waals surface area contributed by atoms with Crippen LogP contribution in [0.25, 0.3) is 53.9 Å². The maximum atomic E-state index is 9.60. The van der Waals surface area contributed by atoms with E-state index in [1.807, 2.05) is 54.6 Å². The highest BCUT2D eigenvalue weighted by Gasteiger charge is 2.12. The minimum atomic E-state index is 0.617. The molecule has 0 aliphatic heterocycles. The Kier molecular flexibility index (Phi) is 3.70. The molecule has 0 fully saturated rings. The van der Waals surface area contributed by atoms with E-state index >= 15 is 0 Å². The molecule has 0 amide bonds. The van der Waals surface area contributed by atoms with Gasteiger partial charge in [-0.15, -0.1) is 11.3 Å². The number of fused-ring (bicyclic) bond motifs is 4. The first kappa shape index (κ1) is 17.0. The second-order valence-corrected chi connectivity index (χ2v) is 8.24. The summed E-state index contributed by atoms with van der Waals surface area (Å²) in [6.07, 6.45) is 0. The second-order valence-electron chi connectivity index (χ2n) is 7.21. The van der Waals surface area contributed by atoms with Crippen molar-refractivity contribution in [3.8, 4) is 27.8 Å². The lowest BCUT2D eigenvalue weighted by Crippen LogP contribution is -1.85. The molecule has 0 aliphatic rings. The van der Waals surface area contributed by atoms with Gasteiger partial charge in [-0.1, -0.05) is 36.4 Å². The van der Waals surface area contributed by atoms with E-state index in [0.717, 1.165) is 53.9 Å². The number of nitrogens with zero attached hydrogens (tertiary/aromatic N) is 2. The van der Waals surface area contributed by atoms with Crippen LogP contribution in [0.3, 0.4) is 0 Å². The Labute approximate surface area is 176 Å². The van der Waals surface area contributed by atoms with Crippen molar-refractivity contribution in [3.05, 3.63) is 90.5 Å². The maximum absolute atomic E-state index is 9.60. The number of nitriles is 1. The van der Waals surface area contributed by atoms with E-state index < -0.39 is 0 Å². The van der Waals surface area contributed by atoms with Crippen LogP contribution in [0.15, 0.2) is 89.3 Å². The molecule has 0 saturated heterocycles. The van der Waals surface area contributed by atoms with Crippen LogP contribution in [0, 0.1) is 11.3 Å². The van der Waals surface area contributed by atoms with Crippen molar-refractivity contribution in [2.75, 3.05) is 0 Å². The summed E-state index contributed by atoms with van der Waals surface area (Å²) in [5, 5.41) is 12.7. The van der Waals surface area contributed by atoms with Gasteiger partial charge in [0.05, 0.1) is 21.8 Å². The van der Waals surface area contributed by atoms with Gasteiger partial charge in [0.15, 0.2) is 0 Å². The Balaban J connectivity index is 1.53. The normalized spacial score (nSPS) is 11.3. The molecule has 140 valence electrons. The number of hydrogen-bond acceptors (Lipinski definition) is 4. The van der Waals surface area contributed by atoms with Gasteiger partial charge in [0, 0.05) is 16.3 Å². The Hall–Kier alpha value is -3.94. The Morgan fingerprint density at radius 3 is 2.43 bits per heavy atom. The average Bonchev–Trinajstić information content (AvgIpc) is 3.39. The quantitative estimate of drug-likeness (QED) is 0.303. The fourth-order valence-corrected chi connectivity index (χ4v) is 4.84. The van der Waals surface area contributed by atoms with Gasteiger partial charge in [0.1, 0.15) is 16.2 Å². The highest BCUT2D eigenvalue weighted by molar-refractivity contribution is 7.21. The lowest BCUT2D eigenvalue weighted by Gasteiger charge is -2.06. The van der Waals surface area contributed by atoms with Crippen LogP contribution in [-0.2, 0) is 0 Å². The van der Waals surface area contributed by atoms with E-state index in [1.54, 1.807) is 11.3 Å².